The molecule has 2 aromatic rings. The minimum atomic E-state index is 0.625. The lowest BCUT2D eigenvalue weighted by Gasteiger charge is -2.08. The summed E-state index contributed by atoms with van der Waals surface area (Å²) in [6.45, 7) is 4.80. The molecule has 17 heavy (non-hydrogen) atoms. The number of halogens is 1. The topological polar surface area (TPSA) is 9.23 Å². The number of hydrogen-bond donors (Lipinski definition) is 0. The quantitative estimate of drug-likeness (QED) is 0.750. The summed E-state index contributed by atoms with van der Waals surface area (Å²) in [5, 5.41) is 0. The van der Waals surface area contributed by atoms with Gasteiger partial charge >= 0.3 is 0 Å². The van der Waals surface area contributed by atoms with Crippen LogP contribution in [0.15, 0.2) is 42.5 Å². The van der Waals surface area contributed by atoms with Gasteiger partial charge in [-0.05, 0) is 77.4 Å². The van der Waals surface area contributed by atoms with Gasteiger partial charge < -0.3 is 4.74 Å². The van der Waals surface area contributed by atoms with Crippen LogP contribution in [0, 0.1) is 17.4 Å². The molecule has 0 N–H and O–H groups in total. The summed E-state index contributed by atoms with van der Waals surface area (Å²) >= 11 is 2.30. The van der Waals surface area contributed by atoms with Crippen LogP contribution < -0.4 is 4.74 Å². The lowest BCUT2D eigenvalue weighted by Crippen LogP contribution is -1.96. The molecular formula is C15H15IO. The molecule has 1 nitrogen and oxygen atoms in total. The Labute approximate surface area is 116 Å². The van der Waals surface area contributed by atoms with Gasteiger partial charge in [0.2, 0.25) is 0 Å². The van der Waals surface area contributed by atoms with Crippen molar-refractivity contribution in [1.82, 2.24) is 0 Å². The first kappa shape index (κ1) is 12.4. The van der Waals surface area contributed by atoms with Crippen LogP contribution in [-0.4, -0.2) is 0 Å². The van der Waals surface area contributed by atoms with E-state index in [-0.39, 0.29) is 0 Å². The van der Waals surface area contributed by atoms with Crippen LogP contribution in [-0.2, 0) is 6.61 Å². The minimum Gasteiger partial charge on any atom is -0.489 e. The summed E-state index contributed by atoms with van der Waals surface area (Å²) in [5.41, 5.74) is 3.68. The van der Waals surface area contributed by atoms with Gasteiger partial charge in [-0.2, -0.15) is 0 Å². The van der Waals surface area contributed by atoms with E-state index in [1.807, 2.05) is 0 Å². The predicted molar refractivity (Wildman–Crippen MR) is 79.4 cm³/mol. The molecule has 0 fully saturated rings. The molecule has 0 heterocycles. The van der Waals surface area contributed by atoms with Gasteiger partial charge in [-0.15, -0.1) is 0 Å². The smallest absolute Gasteiger partial charge is 0.120 e. The Morgan fingerprint density at radius 1 is 0.941 bits per heavy atom. The molecule has 2 heteroatoms. The maximum Gasteiger partial charge on any atom is 0.120 e. The molecule has 0 atom stereocenters. The number of ether oxygens (including phenoxy) is 1. The average Bonchev–Trinajstić information content (AvgIpc) is 2.27. The normalized spacial score (nSPS) is 10.3. The zero-order chi connectivity index (χ0) is 12.3. The Morgan fingerprint density at radius 2 is 1.53 bits per heavy atom. The Bertz CT molecular complexity index is 483. The third-order valence-corrected chi connectivity index (χ3v) is 3.23. The van der Waals surface area contributed by atoms with Crippen LogP contribution in [0.5, 0.6) is 5.75 Å². The van der Waals surface area contributed by atoms with Crippen LogP contribution in [0.1, 0.15) is 16.7 Å². The summed E-state index contributed by atoms with van der Waals surface area (Å²) in [4.78, 5) is 0. The van der Waals surface area contributed by atoms with Crippen molar-refractivity contribution in [2.45, 2.75) is 20.5 Å². The van der Waals surface area contributed by atoms with Gasteiger partial charge in [0.15, 0.2) is 0 Å². The third-order valence-electron chi connectivity index (χ3n) is 2.51. The molecular weight excluding hydrogens is 323 g/mol. The molecule has 0 aliphatic rings. The molecule has 0 aromatic heterocycles. The predicted octanol–water partition coefficient (Wildman–Crippen LogP) is 4.49. The average molecular weight is 338 g/mol. The SMILES string of the molecule is Cc1cc(C)cc(OCc2ccc(I)cc2)c1. The fourth-order valence-corrected chi connectivity index (χ4v) is 2.12. The molecule has 0 unspecified atom stereocenters. The van der Waals surface area contributed by atoms with Crippen molar-refractivity contribution >= 4 is 22.6 Å². The van der Waals surface area contributed by atoms with Crippen molar-refractivity contribution in [2.75, 3.05) is 0 Å². The highest BCUT2D eigenvalue weighted by atomic mass is 127. The van der Waals surface area contributed by atoms with E-state index >= 15 is 0 Å². The second-order valence-corrected chi connectivity index (χ2v) is 5.48. The molecule has 0 aliphatic heterocycles. The van der Waals surface area contributed by atoms with Crippen molar-refractivity contribution in [3.63, 3.8) is 0 Å². The summed E-state index contributed by atoms with van der Waals surface area (Å²) in [6, 6.07) is 14.7. The fourth-order valence-electron chi connectivity index (χ4n) is 1.76. The Morgan fingerprint density at radius 3 is 2.12 bits per heavy atom. The van der Waals surface area contributed by atoms with Crippen LogP contribution in [0.2, 0.25) is 0 Å². The van der Waals surface area contributed by atoms with Gasteiger partial charge in [0.1, 0.15) is 12.4 Å². The van der Waals surface area contributed by atoms with Crippen LogP contribution in [0.3, 0.4) is 0 Å². The van der Waals surface area contributed by atoms with Crippen LogP contribution in [0.4, 0.5) is 0 Å². The first-order valence-electron chi connectivity index (χ1n) is 5.59. The Hall–Kier alpha value is -1.03. The van der Waals surface area contributed by atoms with Crippen molar-refractivity contribution in [3.8, 4) is 5.75 Å². The lowest BCUT2D eigenvalue weighted by molar-refractivity contribution is 0.306. The zero-order valence-corrected chi connectivity index (χ0v) is 12.2. The second-order valence-electron chi connectivity index (χ2n) is 4.24. The highest BCUT2D eigenvalue weighted by Crippen LogP contribution is 2.18. The number of hydrogen-bond acceptors (Lipinski definition) is 1. The molecule has 0 bridgehead atoms. The first-order chi connectivity index (χ1) is 8.13. The van der Waals surface area contributed by atoms with E-state index in [9.17, 15) is 0 Å². The lowest BCUT2D eigenvalue weighted by atomic mass is 10.1. The first-order valence-corrected chi connectivity index (χ1v) is 6.67. The van der Waals surface area contributed by atoms with Gasteiger partial charge in [-0.1, -0.05) is 18.2 Å². The third kappa shape index (κ3) is 3.73. The standard InChI is InChI=1S/C15H15IO/c1-11-7-12(2)9-15(8-11)17-10-13-3-5-14(16)6-4-13/h3-9H,10H2,1-2H3. The number of rotatable bonds is 3. The van der Waals surface area contributed by atoms with Crippen molar-refractivity contribution in [2.24, 2.45) is 0 Å². The molecule has 0 spiro atoms. The highest BCUT2D eigenvalue weighted by molar-refractivity contribution is 14.1. The highest BCUT2D eigenvalue weighted by Gasteiger charge is 1.98. The largest absolute Gasteiger partial charge is 0.489 e. The number of aryl methyl sites for hydroxylation is 2. The van der Waals surface area contributed by atoms with Crippen molar-refractivity contribution in [3.05, 3.63) is 62.7 Å². The number of benzene rings is 2. The van der Waals surface area contributed by atoms with Crippen molar-refractivity contribution < 1.29 is 4.74 Å². The maximum atomic E-state index is 5.79. The fraction of sp³-hybridized carbons (Fsp3) is 0.200. The second kappa shape index (κ2) is 5.54. The molecule has 88 valence electrons. The molecule has 0 aliphatic carbocycles. The molecule has 0 saturated heterocycles. The van der Waals surface area contributed by atoms with E-state index in [4.69, 9.17) is 4.74 Å². The van der Waals surface area contributed by atoms with E-state index in [0.717, 1.165) is 5.75 Å². The van der Waals surface area contributed by atoms with Gasteiger partial charge in [-0.3, -0.25) is 0 Å². The summed E-state index contributed by atoms with van der Waals surface area (Å²) < 4.78 is 7.04. The van der Waals surface area contributed by atoms with Crippen molar-refractivity contribution in [1.29, 1.82) is 0 Å². The summed E-state index contributed by atoms with van der Waals surface area (Å²) in [6.07, 6.45) is 0. The van der Waals surface area contributed by atoms with E-state index < -0.39 is 0 Å². The molecule has 0 saturated carbocycles. The molecule has 0 radical (unpaired) electrons. The van der Waals surface area contributed by atoms with Crippen LogP contribution >= 0.6 is 22.6 Å². The molecule has 2 aromatic carbocycles. The monoisotopic (exact) mass is 338 g/mol. The maximum absolute atomic E-state index is 5.79. The Kier molecular flexibility index (Phi) is 4.05. The zero-order valence-electron chi connectivity index (χ0n) is 10.0. The van der Waals surface area contributed by atoms with Gasteiger partial charge in [-0.25, -0.2) is 0 Å². The van der Waals surface area contributed by atoms with Gasteiger partial charge in [0.25, 0.3) is 0 Å². The Balaban J connectivity index is 2.04. The molecule has 0 amide bonds. The summed E-state index contributed by atoms with van der Waals surface area (Å²) in [7, 11) is 0. The van der Waals surface area contributed by atoms with E-state index in [0.29, 0.717) is 6.61 Å². The van der Waals surface area contributed by atoms with Gasteiger partial charge in [0, 0.05) is 3.57 Å². The van der Waals surface area contributed by atoms with Gasteiger partial charge in [0.05, 0.1) is 0 Å². The van der Waals surface area contributed by atoms with Crippen LogP contribution in [0.25, 0.3) is 0 Å². The minimum absolute atomic E-state index is 0.625. The summed E-state index contributed by atoms with van der Waals surface area (Å²) in [5.74, 6) is 0.945. The van der Waals surface area contributed by atoms with E-state index in [1.165, 1.54) is 20.3 Å². The van der Waals surface area contributed by atoms with E-state index in [2.05, 4.69) is 78.9 Å². The van der Waals surface area contributed by atoms with E-state index in [1.54, 1.807) is 0 Å². The molecule has 2 rings (SSSR count).